The molecule has 4 N–H and O–H groups in total. The van der Waals surface area contributed by atoms with E-state index in [1.165, 1.54) is 6.26 Å². The van der Waals surface area contributed by atoms with Gasteiger partial charge >= 0.3 is 0 Å². The average molecular weight is 287 g/mol. The summed E-state index contributed by atoms with van der Waals surface area (Å²) in [7, 11) is 0. The normalized spacial score (nSPS) is 10.2. The largest absolute Gasteiger partial charge is 0.459 e. The minimum Gasteiger partial charge on any atom is -0.459 e. The highest BCUT2D eigenvalue weighted by Gasteiger charge is 2.13. The van der Waals surface area contributed by atoms with Crippen molar-refractivity contribution in [3.05, 3.63) is 47.9 Å². The van der Waals surface area contributed by atoms with Gasteiger partial charge in [0.25, 0.3) is 5.91 Å². The van der Waals surface area contributed by atoms with Crippen LogP contribution in [0.15, 0.2) is 41.0 Å². The Bertz CT molecular complexity index is 636. The maximum Gasteiger partial charge on any atom is 0.291 e. The first-order valence-electron chi connectivity index (χ1n) is 6.55. The summed E-state index contributed by atoms with van der Waals surface area (Å²) in [4.78, 5) is 23.7. The molecule has 2 rings (SSSR count). The number of amides is 2. The van der Waals surface area contributed by atoms with Gasteiger partial charge in [-0.3, -0.25) is 9.59 Å². The predicted octanol–water partition coefficient (Wildman–Crippen LogP) is 2.13. The average Bonchev–Trinajstić information content (AvgIpc) is 2.96. The number of furan rings is 1. The van der Waals surface area contributed by atoms with Crippen LogP contribution < -0.4 is 16.4 Å². The molecule has 0 saturated carbocycles. The molecule has 0 saturated heterocycles. The molecular weight excluding hydrogens is 270 g/mol. The van der Waals surface area contributed by atoms with Crippen molar-refractivity contribution in [1.82, 2.24) is 0 Å². The highest BCUT2D eigenvalue weighted by atomic mass is 16.3. The van der Waals surface area contributed by atoms with Gasteiger partial charge < -0.3 is 20.8 Å². The quantitative estimate of drug-likeness (QED) is 0.784. The topological polar surface area (TPSA) is 97.4 Å². The molecule has 2 aromatic rings. The van der Waals surface area contributed by atoms with Crippen LogP contribution in [0.4, 0.5) is 11.4 Å². The Morgan fingerprint density at radius 3 is 2.67 bits per heavy atom. The van der Waals surface area contributed by atoms with E-state index in [0.29, 0.717) is 11.4 Å². The molecule has 1 heterocycles. The van der Waals surface area contributed by atoms with Crippen molar-refractivity contribution < 1.29 is 14.0 Å². The first kappa shape index (κ1) is 14.8. The molecule has 0 spiro atoms. The zero-order valence-corrected chi connectivity index (χ0v) is 11.7. The van der Waals surface area contributed by atoms with E-state index in [9.17, 15) is 9.59 Å². The molecule has 0 fully saturated rings. The van der Waals surface area contributed by atoms with E-state index in [-0.39, 0.29) is 30.5 Å². The van der Waals surface area contributed by atoms with E-state index < -0.39 is 0 Å². The third-order valence-corrected chi connectivity index (χ3v) is 2.81. The summed E-state index contributed by atoms with van der Waals surface area (Å²) in [6.45, 7) is 2.17. The van der Waals surface area contributed by atoms with Crippen LogP contribution in [0.25, 0.3) is 0 Å². The molecule has 2 amide bonds. The summed E-state index contributed by atoms with van der Waals surface area (Å²) in [5.41, 5.74) is 7.36. The molecule has 6 heteroatoms. The minimum atomic E-state index is -0.377. The number of carbonyl (C=O) groups excluding carboxylic acids is 2. The molecule has 0 bridgehead atoms. The van der Waals surface area contributed by atoms with Crippen molar-refractivity contribution in [2.24, 2.45) is 5.73 Å². The van der Waals surface area contributed by atoms with Crippen LogP contribution in [0.5, 0.6) is 0 Å². The van der Waals surface area contributed by atoms with Crippen molar-refractivity contribution in [2.45, 2.75) is 13.3 Å². The Morgan fingerprint density at radius 1 is 1.19 bits per heavy atom. The van der Waals surface area contributed by atoms with Crippen molar-refractivity contribution in [2.75, 3.05) is 17.2 Å². The maximum absolute atomic E-state index is 12.0. The maximum atomic E-state index is 12.0. The second-order valence-corrected chi connectivity index (χ2v) is 4.57. The minimum absolute atomic E-state index is 0.198. The highest BCUT2D eigenvalue weighted by molar-refractivity contribution is 6.05. The molecule has 6 nitrogen and oxygen atoms in total. The smallest absolute Gasteiger partial charge is 0.291 e. The van der Waals surface area contributed by atoms with E-state index in [2.05, 4.69) is 10.6 Å². The summed E-state index contributed by atoms with van der Waals surface area (Å²) >= 11 is 0. The van der Waals surface area contributed by atoms with E-state index >= 15 is 0 Å². The van der Waals surface area contributed by atoms with Gasteiger partial charge in [0.05, 0.1) is 17.6 Å². The Balaban J connectivity index is 2.18. The van der Waals surface area contributed by atoms with Crippen molar-refractivity contribution in [3.63, 3.8) is 0 Å². The second kappa shape index (κ2) is 6.71. The molecule has 0 radical (unpaired) electrons. The first-order valence-corrected chi connectivity index (χ1v) is 6.55. The van der Waals surface area contributed by atoms with Gasteiger partial charge in [-0.1, -0.05) is 6.07 Å². The van der Waals surface area contributed by atoms with Crippen LogP contribution in [0.2, 0.25) is 0 Å². The molecule has 0 aliphatic heterocycles. The van der Waals surface area contributed by atoms with Gasteiger partial charge in [0.1, 0.15) is 0 Å². The summed E-state index contributed by atoms with van der Waals surface area (Å²) in [5, 5.41) is 5.45. The molecule has 1 aromatic carbocycles. The van der Waals surface area contributed by atoms with Gasteiger partial charge in [-0.2, -0.15) is 0 Å². The standard InChI is InChI=1S/C15H17N3O3/c1-10-4-5-11(12(9-10)17-14(19)6-7-16)18-15(20)13-3-2-8-21-13/h2-5,8-9H,6-7,16H2,1H3,(H,17,19)(H,18,20). The molecule has 0 aliphatic rings. The lowest BCUT2D eigenvalue weighted by molar-refractivity contribution is -0.116. The van der Waals surface area contributed by atoms with Crippen LogP contribution in [0.3, 0.4) is 0 Å². The number of aryl methyl sites for hydroxylation is 1. The zero-order valence-electron chi connectivity index (χ0n) is 11.7. The monoisotopic (exact) mass is 287 g/mol. The van der Waals surface area contributed by atoms with Crippen LogP contribution in [0.1, 0.15) is 22.5 Å². The lowest BCUT2D eigenvalue weighted by Gasteiger charge is -2.12. The van der Waals surface area contributed by atoms with Crippen LogP contribution in [0, 0.1) is 6.92 Å². The van der Waals surface area contributed by atoms with Crippen molar-refractivity contribution >= 4 is 23.2 Å². The fraction of sp³-hybridized carbons (Fsp3) is 0.200. The summed E-state index contributed by atoms with van der Waals surface area (Å²) in [5.74, 6) is -0.371. The molecule has 0 aliphatic carbocycles. The number of benzene rings is 1. The summed E-state index contributed by atoms with van der Waals surface area (Å²) in [6, 6.07) is 8.56. The van der Waals surface area contributed by atoms with E-state index in [1.54, 1.807) is 24.3 Å². The Labute approximate surface area is 122 Å². The number of anilines is 2. The zero-order chi connectivity index (χ0) is 15.2. The van der Waals surface area contributed by atoms with Gasteiger partial charge in [0, 0.05) is 13.0 Å². The Kier molecular flexibility index (Phi) is 4.73. The van der Waals surface area contributed by atoms with Crippen molar-refractivity contribution in [1.29, 1.82) is 0 Å². The van der Waals surface area contributed by atoms with Gasteiger partial charge in [0.2, 0.25) is 5.91 Å². The Hall–Kier alpha value is -2.60. The molecule has 110 valence electrons. The molecule has 21 heavy (non-hydrogen) atoms. The van der Waals surface area contributed by atoms with Gasteiger partial charge in [-0.05, 0) is 36.8 Å². The lowest BCUT2D eigenvalue weighted by atomic mass is 10.2. The number of rotatable bonds is 5. The van der Waals surface area contributed by atoms with Crippen LogP contribution in [-0.2, 0) is 4.79 Å². The molecule has 0 unspecified atom stereocenters. The molecule has 1 aromatic heterocycles. The van der Waals surface area contributed by atoms with Gasteiger partial charge in [-0.25, -0.2) is 0 Å². The highest BCUT2D eigenvalue weighted by Crippen LogP contribution is 2.24. The number of nitrogens with two attached hydrogens (primary N) is 1. The van der Waals surface area contributed by atoms with Crippen molar-refractivity contribution in [3.8, 4) is 0 Å². The predicted molar refractivity (Wildman–Crippen MR) is 80.1 cm³/mol. The molecular formula is C15H17N3O3. The van der Waals surface area contributed by atoms with E-state index in [1.807, 2.05) is 13.0 Å². The Morgan fingerprint density at radius 2 is 2.00 bits per heavy atom. The first-order chi connectivity index (χ1) is 10.1. The second-order valence-electron chi connectivity index (χ2n) is 4.57. The van der Waals surface area contributed by atoms with E-state index in [4.69, 9.17) is 10.2 Å². The summed E-state index contributed by atoms with van der Waals surface area (Å²) in [6.07, 6.45) is 1.65. The number of nitrogens with one attached hydrogen (secondary N) is 2. The number of hydrogen-bond acceptors (Lipinski definition) is 4. The van der Waals surface area contributed by atoms with Gasteiger partial charge in [0.15, 0.2) is 5.76 Å². The molecule has 0 atom stereocenters. The fourth-order valence-electron chi connectivity index (χ4n) is 1.81. The SMILES string of the molecule is Cc1ccc(NC(=O)c2ccco2)c(NC(=O)CCN)c1. The van der Waals surface area contributed by atoms with E-state index in [0.717, 1.165) is 5.56 Å². The van der Waals surface area contributed by atoms with Crippen LogP contribution >= 0.6 is 0 Å². The summed E-state index contributed by atoms with van der Waals surface area (Å²) < 4.78 is 5.03. The third kappa shape index (κ3) is 3.93. The fourth-order valence-corrected chi connectivity index (χ4v) is 1.81. The number of hydrogen-bond donors (Lipinski definition) is 3. The lowest BCUT2D eigenvalue weighted by Crippen LogP contribution is -2.18. The third-order valence-electron chi connectivity index (χ3n) is 2.81. The van der Waals surface area contributed by atoms with Crippen LogP contribution in [-0.4, -0.2) is 18.4 Å². The number of carbonyl (C=O) groups is 2. The van der Waals surface area contributed by atoms with Gasteiger partial charge in [-0.15, -0.1) is 0 Å².